The van der Waals surface area contributed by atoms with Gasteiger partial charge in [0.15, 0.2) is 19.7 Å². The van der Waals surface area contributed by atoms with Crippen LogP contribution in [-0.2, 0) is 19.7 Å². The summed E-state index contributed by atoms with van der Waals surface area (Å²) in [6.45, 7) is 0. The average molecular weight is 613 g/mol. The second kappa shape index (κ2) is 12.7. The first-order chi connectivity index (χ1) is 19.3. The molecule has 0 radical (unpaired) electrons. The van der Waals surface area contributed by atoms with Crippen LogP contribution in [0, 0.1) is 0 Å². The Bertz CT molecular complexity index is 1470. The summed E-state index contributed by atoms with van der Waals surface area (Å²) >= 11 is 3.38. The Morgan fingerprint density at radius 3 is 1.10 bits per heavy atom. The van der Waals surface area contributed by atoms with Gasteiger partial charge in [0.2, 0.25) is 0 Å². The van der Waals surface area contributed by atoms with E-state index < -0.39 is 19.7 Å². The van der Waals surface area contributed by atoms with E-state index in [1.165, 1.54) is 0 Å². The standard InChI is InChI=1S/2C15H14O3S2/c2*16-20(17,11-14-10-19-14)15-8-6-13(7-9-15)18-12-4-2-1-3-5-12/h2*1-9,14H,10-11H2/t2*14-/m00/s1. The third kappa shape index (κ3) is 8.54. The van der Waals surface area contributed by atoms with Gasteiger partial charge >= 0.3 is 0 Å². The number of thioether (sulfide) groups is 2. The molecule has 0 aromatic heterocycles. The summed E-state index contributed by atoms with van der Waals surface area (Å²) in [5.74, 6) is 5.11. The predicted octanol–water partition coefficient (Wildman–Crippen LogP) is 6.74. The number of para-hydroxylation sites is 2. The molecular formula is C30H28O6S4. The summed E-state index contributed by atoms with van der Waals surface area (Å²) in [6.07, 6.45) is 0. The Kier molecular flexibility index (Phi) is 9.10. The third-order valence-corrected chi connectivity index (χ3v) is 12.0. The van der Waals surface area contributed by atoms with Gasteiger partial charge in [0.25, 0.3) is 0 Å². The van der Waals surface area contributed by atoms with Crippen molar-refractivity contribution in [1.82, 2.24) is 0 Å². The molecule has 2 fully saturated rings. The fourth-order valence-electron chi connectivity index (χ4n) is 3.69. The SMILES string of the molecule is O=S(=O)(C[C@@H]1CS1)c1ccc(Oc2ccccc2)cc1.O=S(=O)(C[C@@H]1CS1)c1ccc(Oc2ccccc2)cc1. The van der Waals surface area contributed by atoms with Crippen LogP contribution in [-0.4, -0.2) is 50.3 Å². The molecule has 2 atom stereocenters. The molecule has 4 aromatic rings. The van der Waals surface area contributed by atoms with Crippen LogP contribution in [0.2, 0.25) is 0 Å². The first-order valence-corrected chi connectivity index (χ1v) is 18.0. The molecule has 0 bridgehead atoms. The molecule has 4 aromatic carbocycles. The molecule has 40 heavy (non-hydrogen) atoms. The smallest absolute Gasteiger partial charge is 0.179 e. The maximum atomic E-state index is 12.1. The van der Waals surface area contributed by atoms with E-state index in [-0.39, 0.29) is 22.0 Å². The zero-order chi connectivity index (χ0) is 28.0. The Morgan fingerprint density at radius 2 is 0.800 bits per heavy atom. The highest BCUT2D eigenvalue weighted by atomic mass is 32.2. The van der Waals surface area contributed by atoms with Gasteiger partial charge in [0.1, 0.15) is 23.0 Å². The third-order valence-electron chi connectivity index (χ3n) is 5.94. The molecule has 2 aliphatic heterocycles. The van der Waals surface area contributed by atoms with Gasteiger partial charge in [-0.05, 0) is 72.8 Å². The summed E-state index contributed by atoms with van der Waals surface area (Å²) < 4.78 is 59.7. The summed E-state index contributed by atoms with van der Waals surface area (Å²) in [6, 6.07) is 32.0. The Hall–Kier alpha value is -2.92. The minimum absolute atomic E-state index is 0.233. The van der Waals surface area contributed by atoms with E-state index in [0.717, 1.165) is 23.0 Å². The lowest BCUT2D eigenvalue weighted by Gasteiger charge is -2.07. The van der Waals surface area contributed by atoms with Crippen molar-refractivity contribution in [2.24, 2.45) is 0 Å². The molecule has 2 heterocycles. The summed E-state index contributed by atoms with van der Waals surface area (Å²) in [5.41, 5.74) is 0. The Morgan fingerprint density at radius 1 is 0.500 bits per heavy atom. The molecule has 0 saturated carbocycles. The van der Waals surface area contributed by atoms with Crippen molar-refractivity contribution in [1.29, 1.82) is 0 Å². The lowest BCUT2D eigenvalue weighted by atomic mass is 10.3. The van der Waals surface area contributed by atoms with Crippen molar-refractivity contribution in [2.45, 2.75) is 20.3 Å². The van der Waals surface area contributed by atoms with Crippen molar-refractivity contribution in [3.8, 4) is 23.0 Å². The van der Waals surface area contributed by atoms with Crippen molar-refractivity contribution in [3.63, 3.8) is 0 Å². The fraction of sp³-hybridized carbons (Fsp3) is 0.200. The molecule has 2 saturated heterocycles. The normalized spacial score (nSPS) is 17.7. The van der Waals surface area contributed by atoms with Crippen LogP contribution < -0.4 is 9.47 Å². The van der Waals surface area contributed by atoms with Gasteiger partial charge in [0.05, 0.1) is 21.3 Å². The van der Waals surface area contributed by atoms with Crippen LogP contribution in [0.3, 0.4) is 0 Å². The molecule has 0 unspecified atom stereocenters. The molecule has 0 aliphatic carbocycles. The topological polar surface area (TPSA) is 86.7 Å². The fourth-order valence-corrected chi connectivity index (χ4v) is 9.04. The van der Waals surface area contributed by atoms with Crippen LogP contribution in [0.1, 0.15) is 0 Å². The van der Waals surface area contributed by atoms with Crippen molar-refractivity contribution < 1.29 is 26.3 Å². The van der Waals surface area contributed by atoms with E-state index in [1.807, 2.05) is 60.7 Å². The first kappa shape index (κ1) is 28.6. The largest absolute Gasteiger partial charge is 0.457 e. The minimum Gasteiger partial charge on any atom is -0.457 e. The zero-order valence-electron chi connectivity index (χ0n) is 21.5. The number of hydrogen-bond acceptors (Lipinski definition) is 8. The van der Waals surface area contributed by atoms with Gasteiger partial charge < -0.3 is 9.47 Å². The van der Waals surface area contributed by atoms with Crippen LogP contribution in [0.5, 0.6) is 23.0 Å². The van der Waals surface area contributed by atoms with E-state index in [9.17, 15) is 16.8 Å². The highest BCUT2D eigenvalue weighted by Gasteiger charge is 2.30. The lowest BCUT2D eigenvalue weighted by Crippen LogP contribution is -2.10. The van der Waals surface area contributed by atoms with Crippen molar-refractivity contribution >= 4 is 43.2 Å². The van der Waals surface area contributed by atoms with Gasteiger partial charge in [-0.3, -0.25) is 0 Å². The van der Waals surface area contributed by atoms with E-state index in [2.05, 4.69) is 0 Å². The second-order valence-corrected chi connectivity index (χ2v) is 16.0. The average Bonchev–Trinajstić information content (AvgIpc) is 3.89. The van der Waals surface area contributed by atoms with Gasteiger partial charge in [-0.1, -0.05) is 36.4 Å². The van der Waals surface area contributed by atoms with Gasteiger partial charge in [0, 0.05) is 22.0 Å². The molecule has 10 heteroatoms. The summed E-state index contributed by atoms with van der Waals surface area (Å²) in [4.78, 5) is 0.732. The predicted molar refractivity (Wildman–Crippen MR) is 163 cm³/mol. The molecule has 2 aliphatic rings. The molecule has 0 spiro atoms. The quantitative estimate of drug-likeness (QED) is 0.182. The maximum absolute atomic E-state index is 12.1. The minimum atomic E-state index is -3.16. The van der Waals surface area contributed by atoms with Crippen LogP contribution in [0.15, 0.2) is 119 Å². The van der Waals surface area contributed by atoms with Crippen LogP contribution in [0.25, 0.3) is 0 Å². The van der Waals surface area contributed by atoms with E-state index in [0.29, 0.717) is 21.3 Å². The van der Waals surface area contributed by atoms with E-state index in [1.54, 1.807) is 72.1 Å². The number of sulfone groups is 2. The number of benzene rings is 4. The summed E-state index contributed by atoms with van der Waals surface area (Å²) in [7, 11) is -6.33. The molecule has 6 rings (SSSR count). The van der Waals surface area contributed by atoms with Crippen molar-refractivity contribution in [2.75, 3.05) is 23.0 Å². The molecule has 0 amide bonds. The molecule has 0 N–H and O–H groups in total. The number of ether oxygens (including phenoxy) is 2. The van der Waals surface area contributed by atoms with Gasteiger partial charge in [-0.15, -0.1) is 0 Å². The number of hydrogen-bond donors (Lipinski definition) is 0. The molecule has 208 valence electrons. The van der Waals surface area contributed by atoms with Crippen LogP contribution >= 0.6 is 23.5 Å². The zero-order valence-corrected chi connectivity index (χ0v) is 24.7. The molecule has 6 nitrogen and oxygen atoms in total. The van der Waals surface area contributed by atoms with Crippen LogP contribution in [0.4, 0.5) is 0 Å². The Labute approximate surface area is 244 Å². The Balaban J connectivity index is 0.000000161. The van der Waals surface area contributed by atoms with Gasteiger partial charge in [-0.2, -0.15) is 23.5 Å². The number of rotatable bonds is 10. The first-order valence-electron chi connectivity index (χ1n) is 12.6. The van der Waals surface area contributed by atoms with E-state index in [4.69, 9.17) is 9.47 Å². The molecular weight excluding hydrogens is 585 g/mol. The second-order valence-electron chi connectivity index (χ2n) is 9.25. The lowest BCUT2D eigenvalue weighted by molar-refractivity contribution is 0.482. The van der Waals surface area contributed by atoms with Gasteiger partial charge in [-0.25, -0.2) is 16.8 Å². The monoisotopic (exact) mass is 612 g/mol. The maximum Gasteiger partial charge on any atom is 0.179 e. The highest BCUT2D eigenvalue weighted by Crippen LogP contribution is 2.34. The van der Waals surface area contributed by atoms with E-state index >= 15 is 0 Å². The summed E-state index contributed by atoms with van der Waals surface area (Å²) in [5, 5.41) is 0.556. The van der Waals surface area contributed by atoms with Crippen molar-refractivity contribution in [3.05, 3.63) is 109 Å². The highest BCUT2D eigenvalue weighted by molar-refractivity contribution is 8.08.